The first-order valence-corrected chi connectivity index (χ1v) is 8.14. The van der Waals surface area contributed by atoms with Crippen LogP contribution in [0.5, 0.6) is 0 Å². The van der Waals surface area contributed by atoms with Crippen molar-refractivity contribution in [2.75, 3.05) is 33.9 Å². The summed E-state index contributed by atoms with van der Waals surface area (Å²) in [6.45, 7) is 16.9. The van der Waals surface area contributed by atoms with Gasteiger partial charge in [0.1, 0.15) is 0 Å². The van der Waals surface area contributed by atoms with E-state index in [1.54, 1.807) is 0 Å². The van der Waals surface area contributed by atoms with Crippen LogP contribution in [0, 0.1) is 11.3 Å². The maximum atomic E-state index is 5.92. The second kappa shape index (κ2) is 7.24. The molecule has 20 heavy (non-hydrogen) atoms. The topological polar surface area (TPSA) is 15.7 Å². The van der Waals surface area contributed by atoms with Gasteiger partial charge in [0.05, 0.1) is 13.2 Å². The zero-order chi connectivity index (χ0) is 15.5. The predicted molar refractivity (Wildman–Crippen MR) is 87.2 cm³/mol. The van der Waals surface area contributed by atoms with Crippen LogP contribution in [0.25, 0.3) is 0 Å². The fourth-order valence-corrected chi connectivity index (χ4v) is 3.45. The van der Waals surface area contributed by atoms with Crippen molar-refractivity contribution in [1.82, 2.24) is 9.80 Å². The van der Waals surface area contributed by atoms with Crippen LogP contribution >= 0.6 is 0 Å². The minimum absolute atomic E-state index is 0.344. The predicted octanol–water partition coefficient (Wildman–Crippen LogP) is 3.10. The Morgan fingerprint density at radius 1 is 1.25 bits per heavy atom. The number of hydrogen-bond acceptors (Lipinski definition) is 3. The minimum Gasteiger partial charge on any atom is -0.380 e. The maximum Gasteiger partial charge on any atom is 0.0593 e. The maximum absolute atomic E-state index is 5.92. The molecule has 0 amide bonds. The molecule has 0 unspecified atom stereocenters. The summed E-state index contributed by atoms with van der Waals surface area (Å²) in [5.74, 6) is 0.670. The van der Waals surface area contributed by atoms with Crippen molar-refractivity contribution >= 4 is 0 Å². The molecule has 0 spiro atoms. The molecule has 1 saturated heterocycles. The fraction of sp³-hybridized carbons (Fsp3) is 1.00. The van der Waals surface area contributed by atoms with Gasteiger partial charge in [-0.2, -0.15) is 0 Å². The lowest BCUT2D eigenvalue weighted by Gasteiger charge is -2.39. The van der Waals surface area contributed by atoms with E-state index in [0.717, 1.165) is 19.8 Å². The van der Waals surface area contributed by atoms with Crippen molar-refractivity contribution in [1.29, 1.82) is 0 Å². The monoisotopic (exact) mass is 284 g/mol. The van der Waals surface area contributed by atoms with Gasteiger partial charge in [-0.15, -0.1) is 0 Å². The second-order valence-corrected chi connectivity index (χ2v) is 8.04. The van der Waals surface area contributed by atoms with Crippen LogP contribution in [0.2, 0.25) is 0 Å². The third-order valence-electron chi connectivity index (χ3n) is 4.65. The van der Waals surface area contributed by atoms with E-state index in [2.05, 4.69) is 65.4 Å². The van der Waals surface area contributed by atoms with Gasteiger partial charge in [0.2, 0.25) is 0 Å². The Kier molecular flexibility index (Phi) is 6.49. The summed E-state index contributed by atoms with van der Waals surface area (Å²) in [5, 5.41) is 0. The van der Waals surface area contributed by atoms with Crippen molar-refractivity contribution in [2.24, 2.45) is 11.3 Å². The molecule has 1 rings (SSSR count). The molecule has 0 aliphatic carbocycles. The number of likely N-dealkylation sites (N-methyl/N-ethyl adjacent to an activating group) is 1. The van der Waals surface area contributed by atoms with E-state index in [4.69, 9.17) is 4.74 Å². The van der Waals surface area contributed by atoms with Gasteiger partial charge in [0.15, 0.2) is 0 Å². The second-order valence-electron chi connectivity index (χ2n) is 8.04. The van der Waals surface area contributed by atoms with E-state index in [-0.39, 0.29) is 0 Å². The Bertz CT molecular complexity index is 283. The molecule has 3 nitrogen and oxygen atoms in total. The van der Waals surface area contributed by atoms with Gasteiger partial charge in [-0.3, -0.25) is 4.90 Å². The van der Waals surface area contributed by atoms with Crippen LogP contribution in [-0.2, 0) is 4.74 Å². The average molecular weight is 284 g/mol. The Morgan fingerprint density at radius 2 is 1.85 bits per heavy atom. The summed E-state index contributed by atoms with van der Waals surface area (Å²) < 4.78 is 5.92. The molecule has 0 aromatic rings. The summed E-state index contributed by atoms with van der Waals surface area (Å²) >= 11 is 0. The highest BCUT2D eigenvalue weighted by Crippen LogP contribution is 2.40. The summed E-state index contributed by atoms with van der Waals surface area (Å²) in [6.07, 6.45) is 1.27. The van der Waals surface area contributed by atoms with E-state index in [0.29, 0.717) is 29.5 Å². The largest absolute Gasteiger partial charge is 0.380 e. The third-order valence-corrected chi connectivity index (χ3v) is 4.65. The highest BCUT2D eigenvalue weighted by molar-refractivity contribution is 4.98. The van der Waals surface area contributed by atoms with Crippen LogP contribution in [0.3, 0.4) is 0 Å². The van der Waals surface area contributed by atoms with Crippen LogP contribution in [0.1, 0.15) is 48.0 Å². The molecule has 0 bridgehead atoms. The zero-order valence-electron chi connectivity index (χ0n) is 14.9. The molecule has 0 N–H and O–H groups in total. The van der Waals surface area contributed by atoms with Crippen molar-refractivity contribution in [3.63, 3.8) is 0 Å². The highest BCUT2D eigenvalue weighted by atomic mass is 16.5. The molecule has 120 valence electrons. The van der Waals surface area contributed by atoms with Gasteiger partial charge < -0.3 is 9.64 Å². The Hall–Kier alpha value is -0.120. The summed E-state index contributed by atoms with van der Waals surface area (Å²) in [4.78, 5) is 4.89. The lowest BCUT2D eigenvalue weighted by molar-refractivity contribution is 0.0601. The molecule has 1 aliphatic rings. The Labute approximate surface area is 126 Å². The average Bonchev–Trinajstić information content (AvgIpc) is 2.61. The van der Waals surface area contributed by atoms with Gasteiger partial charge in [-0.1, -0.05) is 20.8 Å². The van der Waals surface area contributed by atoms with Crippen LogP contribution in [0.15, 0.2) is 0 Å². The third kappa shape index (κ3) is 4.71. The zero-order valence-corrected chi connectivity index (χ0v) is 14.9. The lowest BCUT2D eigenvalue weighted by atomic mass is 9.83. The van der Waals surface area contributed by atoms with Gasteiger partial charge >= 0.3 is 0 Å². The molecule has 0 aromatic carbocycles. The van der Waals surface area contributed by atoms with Gasteiger partial charge in [0, 0.05) is 24.7 Å². The smallest absolute Gasteiger partial charge is 0.0593 e. The standard InChI is InChI=1S/C17H36N2O/c1-13(2)19-14(3)15(11-16(19)17(4,5)6)12-20-10-9-18(7)8/h13-16H,9-12H2,1-8H3/t14-,15-,16+/m1/s1. The summed E-state index contributed by atoms with van der Waals surface area (Å²) in [5.41, 5.74) is 0.344. The van der Waals surface area contributed by atoms with Crippen LogP contribution in [0.4, 0.5) is 0 Å². The van der Waals surface area contributed by atoms with E-state index in [1.807, 2.05) is 0 Å². The molecule has 3 heteroatoms. The minimum atomic E-state index is 0.344. The van der Waals surface area contributed by atoms with Crippen molar-refractivity contribution in [3.05, 3.63) is 0 Å². The first kappa shape index (κ1) is 17.9. The summed E-state index contributed by atoms with van der Waals surface area (Å²) in [6, 6.07) is 1.90. The van der Waals surface area contributed by atoms with Crippen molar-refractivity contribution in [3.8, 4) is 0 Å². The molecule has 1 fully saturated rings. The number of likely N-dealkylation sites (tertiary alicyclic amines) is 1. The summed E-state index contributed by atoms with van der Waals surface area (Å²) in [7, 11) is 4.19. The molecule has 3 atom stereocenters. The number of ether oxygens (including phenoxy) is 1. The van der Waals surface area contributed by atoms with E-state index >= 15 is 0 Å². The lowest BCUT2D eigenvalue weighted by Crippen LogP contribution is -2.46. The Morgan fingerprint density at radius 3 is 2.25 bits per heavy atom. The van der Waals surface area contributed by atoms with Crippen molar-refractivity contribution < 1.29 is 4.74 Å². The van der Waals surface area contributed by atoms with Gasteiger partial charge in [0.25, 0.3) is 0 Å². The van der Waals surface area contributed by atoms with Crippen LogP contribution < -0.4 is 0 Å². The number of nitrogens with zero attached hydrogens (tertiary/aromatic N) is 2. The van der Waals surface area contributed by atoms with Crippen molar-refractivity contribution in [2.45, 2.75) is 66.1 Å². The number of hydrogen-bond donors (Lipinski definition) is 0. The molecule has 0 saturated carbocycles. The fourth-order valence-electron chi connectivity index (χ4n) is 3.45. The van der Waals surface area contributed by atoms with Gasteiger partial charge in [-0.25, -0.2) is 0 Å². The SMILES string of the molecule is CC(C)N1[C@H](C)[C@@H](COCCN(C)C)C[C@H]1C(C)(C)C. The van der Waals surface area contributed by atoms with E-state index < -0.39 is 0 Å². The Balaban J connectivity index is 2.58. The number of rotatable bonds is 6. The van der Waals surface area contributed by atoms with E-state index in [9.17, 15) is 0 Å². The van der Waals surface area contributed by atoms with Crippen LogP contribution in [-0.4, -0.2) is 61.8 Å². The molecule has 0 aromatic heterocycles. The van der Waals surface area contributed by atoms with E-state index in [1.165, 1.54) is 6.42 Å². The molecule has 0 radical (unpaired) electrons. The highest BCUT2D eigenvalue weighted by Gasteiger charge is 2.44. The first-order chi connectivity index (χ1) is 9.14. The molecular formula is C17H36N2O. The molecular weight excluding hydrogens is 248 g/mol. The quantitative estimate of drug-likeness (QED) is 0.697. The van der Waals surface area contributed by atoms with Gasteiger partial charge in [-0.05, 0) is 52.6 Å². The molecule has 1 aliphatic heterocycles. The molecule has 1 heterocycles. The first-order valence-electron chi connectivity index (χ1n) is 8.14. The normalized spacial score (nSPS) is 28.8.